The van der Waals surface area contributed by atoms with Gasteiger partial charge in [0.05, 0.1) is 11.3 Å². The number of anilines is 1. The van der Waals surface area contributed by atoms with Crippen LogP contribution >= 0.6 is 15.9 Å². The molecule has 2 rings (SSSR count). The molecule has 19 heavy (non-hydrogen) atoms. The molecule has 0 saturated carbocycles. The molecule has 0 unspecified atom stereocenters. The number of pyridine rings is 1. The van der Waals surface area contributed by atoms with Crippen LogP contribution in [0.4, 0.5) is 5.82 Å². The molecule has 0 aliphatic carbocycles. The fraction of sp³-hybridized carbons (Fsp3) is 0.143. The van der Waals surface area contributed by atoms with E-state index < -0.39 is 5.97 Å². The van der Waals surface area contributed by atoms with Gasteiger partial charge in [0, 0.05) is 11.0 Å². The van der Waals surface area contributed by atoms with Gasteiger partial charge in [-0.25, -0.2) is 9.78 Å². The molecule has 4 nitrogen and oxygen atoms in total. The van der Waals surface area contributed by atoms with Gasteiger partial charge in [-0.2, -0.15) is 0 Å². The van der Waals surface area contributed by atoms with Gasteiger partial charge in [-0.3, -0.25) is 0 Å². The first-order chi connectivity index (χ1) is 9.08. The zero-order chi connectivity index (χ0) is 13.8. The zero-order valence-electron chi connectivity index (χ0n) is 10.4. The van der Waals surface area contributed by atoms with E-state index in [9.17, 15) is 4.79 Å². The van der Waals surface area contributed by atoms with Crippen LogP contribution < -0.4 is 5.32 Å². The van der Waals surface area contributed by atoms with Gasteiger partial charge in [-0.1, -0.05) is 34.1 Å². The number of aryl methyl sites for hydroxylation is 1. The summed E-state index contributed by atoms with van der Waals surface area (Å²) >= 11 is 3.48. The number of carboxylic acid groups (broad SMARTS) is 1. The third-order valence-corrected chi connectivity index (χ3v) is 3.51. The van der Waals surface area contributed by atoms with Crippen LogP contribution in [0.25, 0.3) is 0 Å². The summed E-state index contributed by atoms with van der Waals surface area (Å²) in [6.07, 6.45) is 0. The van der Waals surface area contributed by atoms with E-state index in [1.807, 2.05) is 24.3 Å². The lowest BCUT2D eigenvalue weighted by Crippen LogP contribution is -2.06. The summed E-state index contributed by atoms with van der Waals surface area (Å²) < 4.78 is 1.03. The maximum atomic E-state index is 10.9. The molecule has 0 bridgehead atoms. The molecule has 0 fully saturated rings. The molecule has 98 valence electrons. The fourth-order valence-corrected chi connectivity index (χ4v) is 2.14. The van der Waals surface area contributed by atoms with Crippen LogP contribution in [-0.4, -0.2) is 16.1 Å². The number of carboxylic acids is 1. The summed E-state index contributed by atoms with van der Waals surface area (Å²) in [7, 11) is 0. The van der Waals surface area contributed by atoms with E-state index in [2.05, 4.69) is 26.2 Å². The maximum Gasteiger partial charge on any atom is 0.337 e. The molecular formula is C14H13BrN2O2. The summed E-state index contributed by atoms with van der Waals surface area (Å²) in [5, 5.41) is 12.1. The molecular weight excluding hydrogens is 308 g/mol. The van der Waals surface area contributed by atoms with Gasteiger partial charge in [0.1, 0.15) is 5.82 Å². The van der Waals surface area contributed by atoms with Gasteiger partial charge >= 0.3 is 5.97 Å². The molecule has 0 aliphatic heterocycles. The number of hydrogen-bond acceptors (Lipinski definition) is 3. The molecule has 0 amide bonds. The van der Waals surface area contributed by atoms with Gasteiger partial charge in [-0.05, 0) is 30.7 Å². The van der Waals surface area contributed by atoms with Crippen molar-refractivity contribution < 1.29 is 9.90 Å². The number of rotatable bonds is 4. The average Bonchev–Trinajstić information content (AvgIpc) is 2.37. The molecule has 2 aromatic rings. The Morgan fingerprint density at radius 2 is 2.05 bits per heavy atom. The molecule has 2 N–H and O–H groups in total. The largest absolute Gasteiger partial charge is 0.478 e. The van der Waals surface area contributed by atoms with E-state index in [4.69, 9.17) is 5.11 Å². The van der Waals surface area contributed by atoms with E-state index in [0.717, 1.165) is 10.0 Å². The summed E-state index contributed by atoms with van der Waals surface area (Å²) in [6.45, 7) is 2.31. The van der Waals surface area contributed by atoms with Gasteiger partial charge in [-0.15, -0.1) is 0 Å². The van der Waals surface area contributed by atoms with Gasteiger partial charge < -0.3 is 10.4 Å². The summed E-state index contributed by atoms with van der Waals surface area (Å²) in [5.41, 5.74) is 1.85. The SMILES string of the molecule is Cc1nc(NCc2ccccc2Br)ccc1C(=O)O. The minimum absolute atomic E-state index is 0.228. The van der Waals surface area contributed by atoms with Crippen molar-refractivity contribution in [1.29, 1.82) is 0 Å². The fourth-order valence-electron chi connectivity index (χ4n) is 1.71. The molecule has 0 atom stereocenters. The molecule has 0 radical (unpaired) electrons. The quantitative estimate of drug-likeness (QED) is 0.905. The number of benzene rings is 1. The van der Waals surface area contributed by atoms with Crippen LogP contribution in [0.5, 0.6) is 0 Å². The van der Waals surface area contributed by atoms with E-state index in [1.165, 1.54) is 0 Å². The van der Waals surface area contributed by atoms with E-state index in [1.54, 1.807) is 19.1 Å². The normalized spacial score (nSPS) is 10.2. The molecule has 0 aliphatic rings. The highest BCUT2D eigenvalue weighted by molar-refractivity contribution is 9.10. The first-order valence-electron chi connectivity index (χ1n) is 5.76. The Balaban J connectivity index is 2.11. The van der Waals surface area contributed by atoms with Crippen molar-refractivity contribution in [3.8, 4) is 0 Å². The molecule has 1 heterocycles. The Morgan fingerprint density at radius 3 is 2.68 bits per heavy atom. The monoisotopic (exact) mass is 320 g/mol. The first-order valence-corrected chi connectivity index (χ1v) is 6.55. The van der Waals surface area contributed by atoms with Crippen molar-refractivity contribution in [2.45, 2.75) is 13.5 Å². The van der Waals surface area contributed by atoms with E-state index in [-0.39, 0.29) is 5.56 Å². The van der Waals surface area contributed by atoms with Crippen LogP contribution in [0.3, 0.4) is 0 Å². The summed E-state index contributed by atoms with van der Waals surface area (Å²) in [5.74, 6) is -0.291. The highest BCUT2D eigenvalue weighted by Crippen LogP contribution is 2.17. The molecule has 1 aromatic heterocycles. The zero-order valence-corrected chi connectivity index (χ0v) is 11.9. The predicted octanol–water partition coefficient (Wildman–Crippen LogP) is 3.46. The van der Waals surface area contributed by atoms with Crippen LogP contribution in [0.1, 0.15) is 21.6 Å². The predicted molar refractivity (Wildman–Crippen MR) is 77.4 cm³/mol. The van der Waals surface area contributed by atoms with Crippen molar-refractivity contribution in [3.63, 3.8) is 0 Å². The topological polar surface area (TPSA) is 62.2 Å². The molecule has 1 aromatic carbocycles. The third-order valence-electron chi connectivity index (χ3n) is 2.73. The van der Waals surface area contributed by atoms with Crippen molar-refractivity contribution in [1.82, 2.24) is 4.98 Å². The Kier molecular flexibility index (Phi) is 4.16. The van der Waals surface area contributed by atoms with Gasteiger partial charge in [0.25, 0.3) is 0 Å². The van der Waals surface area contributed by atoms with Crippen molar-refractivity contribution in [2.24, 2.45) is 0 Å². The van der Waals surface area contributed by atoms with E-state index >= 15 is 0 Å². The van der Waals surface area contributed by atoms with Crippen LogP contribution in [0.15, 0.2) is 40.9 Å². The second-order valence-electron chi connectivity index (χ2n) is 4.08. The van der Waals surface area contributed by atoms with Crippen molar-refractivity contribution >= 4 is 27.7 Å². The van der Waals surface area contributed by atoms with Crippen molar-refractivity contribution in [2.75, 3.05) is 5.32 Å². The number of hydrogen-bond donors (Lipinski definition) is 2. The highest BCUT2D eigenvalue weighted by atomic mass is 79.9. The van der Waals surface area contributed by atoms with Crippen LogP contribution in [0, 0.1) is 6.92 Å². The lowest BCUT2D eigenvalue weighted by atomic mass is 10.2. The minimum atomic E-state index is -0.956. The highest BCUT2D eigenvalue weighted by Gasteiger charge is 2.08. The lowest BCUT2D eigenvalue weighted by Gasteiger charge is -2.09. The number of aromatic carboxylic acids is 1. The Hall–Kier alpha value is -1.88. The average molecular weight is 321 g/mol. The molecule has 0 spiro atoms. The minimum Gasteiger partial charge on any atom is -0.478 e. The van der Waals surface area contributed by atoms with Crippen molar-refractivity contribution in [3.05, 3.63) is 57.7 Å². The van der Waals surface area contributed by atoms with Crippen LogP contribution in [0.2, 0.25) is 0 Å². The van der Waals surface area contributed by atoms with Crippen LogP contribution in [-0.2, 0) is 6.54 Å². The number of nitrogens with zero attached hydrogens (tertiary/aromatic N) is 1. The number of nitrogens with one attached hydrogen (secondary N) is 1. The number of carbonyl (C=O) groups is 1. The van der Waals surface area contributed by atoms with Gasteiger partial charge in [0.2, 0.25) is 0 Å². The standard InChI is InChI=1S/C14H13BrN2O2/c1-9-11(14(18)19)6-7-13(17-9)16-8-10-4-2-3-5-12(10)15/h2-7H,8H2,1H3,(H,16,17)(H,18,19). The Morgan fingerprint density at radius 1 is 1.32 bits per heavy atom. The smallest absolute Gasteiger partial charge is 0.337 e. The number of halogens is 1. The Bertz CT molecular complexity index is 614. The third kappa shape index (κ3) is 3.32. The second-order valence-corrected chi connectivity index (χ2v) is 4.93. The molecule has 0 saturated heterocycles. The number of aromatic nitrogens is 1. The van der Waals surface area contributed by atoms with E-state index in [0.29, 0.717) is 18.1 Å². The second kappa shape index (κ2) is 5.84. The Labute approximate surface area is 119 Å². The maximum absolute atomic E-state index is 10.9. The summed E-state index contributed by atoms with van der Waals surface area (Å²) in [6, 6.07) is 11.1. The van der Waals surface area contributed by atoms with Gasteiger partial charge in [0.15, 0.2) is 0 Å². The molecule has 5 heteroatoms. The lowest BCUT2D eigenvalue weighted by molar-refractivity contribution is 0.0695. The summed E-state index contributed by atoms with van der Waals surface area (Å²) in [4.78, 5) is 15.1. The first kappa shape index (κ1) is 13.5.